The van der Waals surface area contributed by atoms with Crippen LogP contribution in [0.4, 0.5) is 0 Å². The largest absolute Gasteiger partial charge is 0.478 e. The van der Waals surface area contributed by atoms with Gasteiger partial charge in [0.1, 0.15) is 5.82 Å². The Hall–Kier alpha value is -3.12. The summed E-state index contributed by atoms with van der Waals surface area (Å²) >= 11 is 6.10. The lowest BCUT2D eigenvalue weighted by Gasteiger charge is -2.14. The molecule has 2 aromatic carbocycles. The number of imidazole rings is 1. The molecule has 1 heterocycles. The van der Waals surface area contributed by atoms with Gasteiger partial charge < -0.3 is 14.8 Å². The number of benzene rings is 2. The van der Waals surface area contributed by atoms with Gasteiger partial charge in [-0.1, -0.05) is 67.4 Å². The molecule has 7 heteroatoms. The van der Waals surface area contributed by atoms with Gasteiger partial charge in [-0.3, -0.25) is 0 Å². The molecule has 0 amide bonds. The van der Waals surface area contributed by atoms with Gasteiger partial charge in [-0.25, -0.2) is 14.6 Å². The fraction of sp³-hybridized carbons (Fsp3) is 0.261. The zero-order valence-electron chi connectivity index (χ0n) is 16.8. The van der Waals surface area contributed by atoms with Gasteiger partial charge in [0.2, 0.25) is 0 Å². The summed E-state index contributed by atoms with van der Waals surface area (Å²) in [5.74, 6) is -0.783. The first-order valence-electron chi connectivity index (χ1n) is 9.69. The van der Waals surface area contributed by atoms with E-state index < -0.39 is 11.9 Å². The Kier molecular flexibility index (Phi) is 6.90. The molecular formula is C23H23ClN2O4. The van der Waals surface area contributed by atoms with Crippen LogP contribution in [0, 0.1) is 0 Å². The van der Waals surface area contributed by atoms with Crippen LogP contribution in [0.2, 0.25) is 5.15 Å². The summed E-state index contributed by atoms with van der Waals surface area (Å²) in [5.41, 5.74) is 3.04. The van der Waals surface area contributed by atoms with E-state index in [0.29, 0.717) is 17.8 Å². The van der Waals surface area contributed by atoms with Crippen LogP contribution in [0.25, 0.3) is 11.1 Å². The van der Waals surface area contributed by atoms with Gasteiger partial charge in [0, 0.05) is 5.92 Å². The van der Waals surface area contributed by atoms with E-state index in [4.69, 9.17) is 16.3 Å². The number of halogens is 1. The number of rotatable bonds is 8. The molecule has 3 aromatic rings. The van der Waals surface area contributed by atoms with Gasteiger partial charge in [-0.2, -0.15) is 0 Å². The molecule has 0 fully saturated rings. The predicted molar refractivity (Wildman–Crippen MR) is 115 cm³/mol. The van der Waals surface area contributed by atoms with Crippen LogP contribution >= 0.6 is 11.6 Å². The number of carbonyl (C=O) groups excluding carboxylic acids is 1. The highest BCUT2D eigenvalue weighted by molar-refractivity contribution is 6.32. The van der Waals surface area contributed by atoms with E-state index >= 15 is 0 Å². The number of hydrogen-bond acceptors (Lipinski definition) is 4. The second kappa shape index (κ2) is 9.59. The fourth-order valence-electron chi connectivity index (χ4n) is 3.51. The van der Waals surface area contributed by atoms with Crippen LogP contribution in [0.5, 0.6) is 0 Å². The topological polar surface area (TPSA) is 92.3 Å². The zero-order chi connectivity index (χ0) is 21.7. The quantitative estimate of drug-likeness (QED) is 0.474. The van der Waals surface area contributed by atoms with Crippen molar-refractivity contribution >= 4 is 23.5 Å². The monoisotopic (exact) mass is 426 g/mol. The number of aromatic nitrogens is 2. The second-order valence-corrected chi connectivity index (χ2v) is 7.37. The van der Waals surface area contributed by atoms with Crippen molar-refractivity contribution < 1.29 is 19.4 Å². The molecule has 0 saturated heterocycles. The summed E-state index contributed by atoms with van der Waals surface area (Å²) in [4.78, 5) is 30.6. The smallest absolute Gasteiger partial charge is 0.357 e. The van der Waals surface area contributed by atoms with Gasteiger partial charge >= 0.3 is 11.9 Å². The molecule has 0 aliphatic heterocycles. The Morgan fingerprint density at radius 3 is 2.50 bits per heavy atom. The third-order valence-corrected chi connectivity index (χ3v) is 5.27. The Labute approximate surface area is 179 Å². The molecule has 0 radical (unpaired) electrons. The van der Waals surface area contributed by atoms with E-state index in [-0.39, 0.29) is 22.3 Å². The third kappa shape index (κ3) is 4.71. The van der Waals surface area contributed by atoms with Crippen LogP contribution in [-0.4, -0.2) is 34.1 Å². The minimum absolute atomic E-state index is 0.0584. The molecule has 0 bridgehead atoms. The molecule has 1 aromatic heterocycles. The van der Waals surface area contributed by atoms with Gasteiger partial charge in [0.05, 0.1) is 12.7 Å². The van der Waals surface area contributed by atoms with Crippen LogP contribution in [0.15, 0.2) is 48.5 Å². The normalized spacial score (nSPS) is 11.8. The Bertz CT molecular complexity index is 1040. The standard InChI is InChI=1S/C23H23ClN2O4/c1-3-6-16(21-25-19(20(24)26-21)23(29)30-2)13-14-9-11-15(12-10-14)17-7-4-5-8-18(17)22(27)28/h4-5,7-12,16H,3,6,13H2,1-2H3,(H,25,26)(H,27,28). The number of aromatic amines is 1. The number of carboxylic acids is 1. The van der Waals surface area contributed by atoms with Crippen molar-refractivity contribution in [1.82, 2.24) is 9.97 Å². The third-order valence-electron chi connectivity index (χ3n) is 5.00. The minimum Gasteiger partial charge on any atom is -0.478 e. The predicted octanol–water partition coefficient (Wildman–Crippen LogP) is 5.34. The second-order valence-electron chi connectivity index (χ2n) is 7.02. The van der Waals surface area contributed by atoms with E-state index in [9.17, 15) is 14.7 Å². The lowest BCUT2D eigenvalue weighted by Crippen LogP contribution is -2.07. The molecule has 0 aliphatic carbocycles. The van der Waals surface area contributed by atoms with Crippen molar-refractivity contribution in [1.29, 1.82) is 0 Å². The van der Waals surface area contributed by atoms with Crippen molar-refractivity contribution in [3.8, 4) is 11.1 Å². The maximum Gasteiger partial charge on any atom is 0.357 e. The summed E-state index contributed by atoms with van der Waals surface area (Å²) in [6, 6.07) is 14.8. The Morgan fingerprint density at radius 2 is 1.87 bits per heavy atom. The SMILES string of the molecule is CCCC(Cc1ccc(-c2ccccc2C(=O)O)cc1)c1nc(Cl)c(C(=O)OC)[nH]1. The number of hydrogen-bond donors (Lipinski definition) is 2. The van der Waals surface area contributed by atoms with E-state index in [2.05, 4.69) is 16.9 Å². The van der Waals surface area contributed by atoms with Crippen molar-refractivity contribution in [2.75, 3.05) is 7.11 Å². The summed E-state index contributed by atoms with van der Waals surface area (Å²) in [7, 11) is 1.30. The maximum absolute atomic E-state index is 11.8. The first kappa shape index (κ1) is 21.6. The maximum atomic E-state index is 11.8. The van der Waals surface area contributed by atoms with Crippen LogP contribution in [-0.2, 0) is 11.2 Å². The molecule has 0 spiro atoms. The average molecular weight is 427 g/mol. The summed E-state index contributed by atoms with van der Waals surface area (Å²) < 4.78 is 4.73. The van der Waals surface area contributed by atoms with E-state index in [0.717, 1.165) is 24.0 Å². The number of nitrogens with one attached hydrogen (secondary N) is 1. The van der Waals surface area contributed by atoms with Gasteiger partial charge in [-0.15, -0.1) is 0 Å². The summed E-state index contributed by atoms with van der Waals surface area (Å²) in [6.45, 7) is 2.09. The molecule has 1 unspecified atom stereocenters. The lowest BCUT2D eigenvalue weighted by atomic mass is 9.92. The molecule has 156 valence electrons. The number of methoxy groups -OCH3 is 1. The molecule has 30 heavy (non-hydrogen) atoms. The van der Waals surface area contributed by atoms with E-state index in [1.54, 1.807) is 18.2 Å². The Morgan fingerprint density at radius 1 is 1.17 bits per heavy atom. The molecule has 0 aliphatic rings. The Balaban J connectivity index is 1.84. The first-order valence-corrected chi connectivity index (χ1v) is 10.1. The van der Waals surface area contributed by atoms with Gasteiger partial charge in [0.25, 0.3) is 0 Å². The number of ether oxygens (including phenoxy) is 1. The first-order chi connectivity index (χ1) is 14.4. The number of esters is 1. The lowest BCUT2D eigenvalue weighted by molar-refractivity contribution is 0.0593. The highest BCUT2D eigenvalue weighted by atomic mass is 35.5. The number of H-pyrrole nitrogens is 1. The molecule has 3 rings (SSSR count). The number of carboxylic acid groups (broad SMARTS) is 1. The van der Waals surface area contributed by atoms with Gasteiger partial charge in [0.15, 0.2) is 10.8 Å². The molecule has 6 nitrogen and oxygen atoms in total. The number of aromatic carboxylic acids is 1. The van der Waals surface area contributed by atoms with Crippen molar-refractivity contribution in [3.63, 3.8) is 0 Å². The van der Waals surface area contributed by atoms with Crippen molar-refractivity contribution in [2.24, 2.45) is 0 Å². The van der Waals surface area contributed by atoms with Crippen LogP contribution < -0.4 is 0 Å². The highest BCUT2D eigenvalue weighted by Gasteiger charge is 2.22. The van der Waals surface area contributed by atoms with Crippen molar-refractivity contribution in [3.05, 3.63) is 76.3 Å². The highest BCUT2D eigenvalue weighted by Crippen LogP contribution is 2.29. The summed E-state index contributed by atoms with van der Waals surface area (Å²) in [6.07, 6.45) is 2.52. The molecule has 0 saturated carbocycles. The van der Waals surface area contributed by atoms with E-state index in [1.807, 2.05) is 30.3 Å². The summed E-state index contributed by atoms with van der Waals surface area (Å²) in [5, 5.41) is 9.52. The van der Waals surface area contributed by atoms with Crippen molar-refractivity contribution in [2.45, 2.75) is 32.1 Å². The molecule has 1 atom stereocenters. The molecular weight excluding hydrogens is 404 g/mol. The molecule has 2 N–H and O–H groups in total. The van der Waals surface area contributed by atoms with Gasteiger partial charge in [-0.05, 0) is 35.6 Å². The minimum atomic E-state index is -0.950. The average Bonchev–Trinajstić information content (AvgIpc) is 3.15. The van der Waals surface area contributed by atoms with Crippen LogP contribution in [0.3, 0.4) is 0 Å². The number of nitrogens with zero attached hydrogens (tertiary/aromatic N) is 1. The van der Waals surface area contributed by atoms with E-state index in [1.165, 1.54) is 7.11 Å². The van der Waals surface area contributed by atoms with Crippen LogP contribution in [0.1, 0.15) is 57.9 Å². The number of carbonyl (C=O) groups is 2. The zero-order valence-corrected chi connectivity index (χ0v) is 17.6. The fourth-order valence-corrected chi connectivity index (χ4v) is 3.73.